The molecule has 0 unspecified atom stereocenters. The fourth-order valence-corrected chi connectivity index (χ4v) is 3.22. The van der Waals surface area contributed by atoms with Crippen molar-refractivity contribution < 1.29 is 0 Å². The van der Waals surface area contributed by atoms with Gasteiger partial charge >= 0.3 is 0 Å². The van der Waals surface area contributed by atoms with Gasteiger partial charge in [0, 0.05) is 30.9 Å². The van der Waals surface area contributed by atoms with E-state index in [9.17, 15) is 0 Å². The first kappa shape index (κ1) is 10.2. The van der Waals surface area contributed by atoms with Crippen LogP contribution in [0.2, 0.25) is 0 Å². The number of nitrogens with one attached hydrogen (secondary N) is 1. The van der Waals surface area contributed by atoms with Crippen LogP contribution in [0.3, 0.4) is 0 Å². The topological polar surface area (TPSA) is 15.3 Å². The normalized spacial score (nSPS) is 29.2. The fourth-order valence-electron chi connectivity index (χ4n) is 3.22. The minimum atomic E-state index is 0.731. The zero-order chi connectivity index (χ0) is 11.0. The molecule has 0 amide bonds. The van der Waals surface area contributed by atoms with Crippen LogP contribution < -0.4 is 10.2 Å². The molecule has 2 nitrogen and oxygen atoms in total. The zero-order valence-electron chi connectivity index (χ0n) is 9.95. The van der Waals surface area contributed by atoms with Crippen molar-refractivity contribution in [3.8, 4) is 0 Å². The monoisotopic (exact) mass is 216 g/mol. The second-order valence-electron chi connectivity index (χ2n) is 5.09. The van der Waals surface area contributed by atoms with E-state index in [0.29, 0.717) is 0 Å². The third-order valence-electron chi connectivity index (χ3n) is 3.97. The Morgan fingerprint density at radius 2 is 2.25 bits per heavy atom. The summed E-state index contributed by atoms with van der Waals surface area (Å²) in [6.45, 7) is 4.47. The summed E-state index contributed by atoms with van der Waals surface area (Å²) in [6, 6.07) is 10.4. The molecular weight excluding hydrogens is 196 g/mol. The number of fused-ring (bicyclic) bond motifs is 1. The van der Waals surface area contributed by atoms with Crippen LogP contribution in [-0.2, 0) is 0 Å². The lowest BCUT2D eigenvalue weighted by atomic mass is 10.1. The summed E-state index contributed by atoms with van der Waals surface area (Å²) in [6.07, 6.45) is 4.09. The van der Waals surface area contributed by atoms with Gasteiger partial charge in [-0.1, -0.05) is 12.1 Å². The van der Waals surface area contributed by atoms with Crippen molar-refractivity contribution in [1.29, 1.82) is 0 Å². The van der Waals surface area contributed by atoms with Crippen molar-refractivity contribution in [2.75, 3.05) is 18.0 Å². The molecule has 2 aliphatic rings. The van der Waals surface area contributed by atoms with Gasteiger partial charge < -0.3 is 10.2 Å². The minimum absolute atomic E-state index is 0.731. The van der Waals surface area contributed by atoms with Gasteiger partial charge in [-0.15, -0.1) is 0 Å². The number of hydrogen-bond acceptors (Lipinski definition) is 2. The first-order valence-electron chi connectivity index (χ1n) is 6.41. The lowest BCUT2D eigenvalue weighted by molar-refractivity contribution is 0.404. The second kappa shape index (κ2) is 4.10. The van der Waals surface area contributed by atoms with Crippen LogP contribution in [-0.4, -0.2) is 25.2 Å². The first-order chi connectivity index (χ1) is 7.84. The average molecular weight is 216 g/mol. The van der Waals surface area contributed by atoms with Gasteiger partial charge in [0.15, 0.2) is 0 Å². The molecule has 2 fully saturated rings. The molecule has 1 N–H and O–H groups in total. The van der Waals surface area contributed by atoms with E-state index in [1.54, 1.807) is 0 Å². The summed E-state index contributed by atoms with van der Waals surface area (Å²) in [5.41, 5.74) is 2.78. The predicted molar refractivity (Wildman–Crippen MR) is 68.0 cm³/mol. The van der Waals surface area contributed by atoms with Gasteiger partial charge in [0.1, 0.15) is 0 Å². The maximum absolute atomic E-state index is 3.65. The highest BCUT2D eigenvalue weighted by Gasteiger charge is 2.34. The highest BCUT2D eigenvalue weighted by molar-refractivity contribution is 5.50. The number of anilines is 1. The van der Waals surface area contributed by atoms with E-state index >= 15 is 0 Å². The van der Waals surface area contributed by atoms with Gasteiger partial charge in [0.05, 0.1) is 0 Å². The van der Waals surface area contributed by atoms with Crippen LogP contribution in [0.5, 0.6) is 0 Å². The Balaban J connectivity index is 1.88. The van der Waals surface area contributed by atoms with Gasteiger partial charge in [-0.25, -0.2) is 0 Å². The Bertz CT molecular complexity index is 375. The van der Waals surface area contributed by atoms with Crippen molar-refractivity contribution in [2.45, 2.75) is 38.3 Å². The molecular formula is C14H20N2. The Hall–Kier alpha value is -1.02. The van der Waals surface area contributed by atoms with E-state index < -0.39 is 0 Å². The molecule has 2 atom stereocenters. The summed E-state index contributed by atoms with van der Waals surface area (Å²) in [5, 5.41) is 3.65. The van der Waals surface area contributed by atoms with Gasteiger partial charge in [0.2, 0.25) is 0 Å². The fraction of sp³-hybridized carbons (Fsp3) is 0.571. The van der Waals surface area contributed by atoms with Gasteiger partial charge in [-0.05, 0) is 43.9 Å². The number of aryl methyl sites for hydroxylation is 1. The van der Waals surface area contributed by atoms with Crippen molar-refractivity contribution in [2.24, 2.45) is 0 Å². The number of rotatable bonds is 1. The largest absolute Gasteiger partial charge is 0.366 e. The van der Waals surface area contributed by atoms with Crippen LogP contribution in [0.1, 0.15) is 24.8 Å². The number of hydrogen-bond donors (Lipinski definition) is 1. The molecule has 1 aliphatic heterocycles. The highest BCUT2D eigenvalue weighted by Crippen LogP contribution is 2.30. The van der Waals surface area contributed by atoms with Crippen molar-refractivity contribution in [1.82, 2.24) is 5.32 Å². The number of benzene rings is 1. The average Bonchev–Trinajstić information content (AvgIpc) is 2.76. The van der Waals surface area contributed by atoms with E-state index in [2.05, 4.69) is 41.4 Å². The third kappa shape index (κ3) is 1.71. The Morgan fingerprint density at radius 1 is 1.31 bits per heavy atom. The Labute approximate surface area is 97.6 Å². The molecule has 1 saturated carbocycles. The highest BCUT2D eigenvalue weighted by atomic mass is 15.2. The molecule has 1 saturated heterocycles. The molecule has 1 heterocycles. The summed E-state index contributed by atoms with van der Waals surface area (Å²) < 4.78 is 0. The summed E-state index contributed by atoms with van der Waals surface area (Å²) >= 11 is 0. The summed E-state index contributed by atoms with van der Waals surface area (Å²) in [4.78, 5) is 2.61. The maximum atomic E-state index is 3.65. The Kier molecular flexibility index (Phi) is 2.60. The van der Waals surface area contributed by atoms with Gasteiger partial charge in [0.25, 0.3) is 0 Å². The molecule has 3 rings (SSSR count). The van der Waals surface area contributed by atoms with E-state index in [0.717, 1.165) is 25.2 Å². The number of nitrogens with zero attached hydrogens (tertiary/aromatic N) is 1. The van der Waals surface area contributed by atoms with Crippen LogP contribution in [0.4, 0.5) is 5.69 Å². The number of piperazine rings is 1. The molecule has 0 bridgehead atoms. The maximum Gasteiger partial charge on any atom is 0.0443 e. The van der Waals surface area contributed by atoms with E-state index in [1.807, 2.05) is 0 Å². The van der Waals surface area contributed by atoms with Crippen molar-refractivity contribution in [3.05, 3.63) is 29.8 Å². The second-order valence-corrected chi connectivity index (χ2v) is 5.09. The quantitative estimate of drug-likeness (QED) is 0.775. The molecule has 2 heteroatoms. The summed E-state index contributed by atoms with van der Waals surface area (Å²) in [7, 11) is 0. The third-order valence-corrected chi connectivity index (χ3v) is 3.97. The molecule has 1 aromatic carbocycles. The minimum Gasteiger partial charge on any atom is -0.366 e. The van der Waals surface area contributed by atoms with Gasteiger partial charge in [-0.3, -0.25) is 0 Å². The van der Waals surface area contributed by atoms with Crippen molar-refractivity contribution >= 4 is 5.69 Å². The van der Waals surface area contributed by atoms with E-state index in [-0.39, 0.29) is 0 Å². The molecule has 86 valence electrons. The molecule has 16 heavy (non-hydrogen) atoms. The lowest BCUT2D eigenvalue weighted by Crippen LogP contribution is -2.55. The van der Waals surface area contributed by atoms with Gasteiger partial charge in [-0.2, -0.15) is 0 Å². The smallest absolute Gasteiger partial charge is 0.0443 e. The van der Waals surface area contributed by atoms with Crippen LogP contribution in [0.15, 0.2) is 24.3 Å². The van der Waals surface area contributed by atoms with Crippen LogP contribution >= 0.6 is 0 Å². The molecule has 1 aromatic rings. The van der Waals surface area contributed by atoms with E-state index in [1.165, 1.54) is 30.5 Å². The molecule has 0 radical (unpaired) electrons. The van der Waals surface area contributed by atoms with E-state index in [4.69, 9.17) is 0 Å². The van der Waals surface area contributed by atoms with Crippen molar-refractivity contribution in [3.63, 3.8) is 0 Å². The molecule has 0 aromatic heterocycles. The Morgan fingerprint density at radius 3 is 3.12 bits per heavy atom. The van der Waals surface area contributed by atoms with Crippen LogP contribution in [0.25, 0.3) is 0 Å². The molecule has 1 aliphatic carbocycles. The van der Waals surface area contributed by atoms with Crippen LogP contribution in [0, 0.1) is 6.92 Å². The predicted octanol–water partition coefficient (Wildman–Crippen LogP) is 2.33. The zero-order valence-corrected chi connectivity index (χ0v) is 9.95. The lowest BCUT2D eigenvalue weighted by Gasteiger charge is -2.40. The SMILES string of the molecule is Cc1cccc(N2CCN[C@H]3CCC[C@@H]32)c1. The molecule has 0 spiro atoms. The first-order valence-corrected chi connectivity index (χ1v) is 6.41. The standard InChI is InChI=1S/C14H20N2/c1-11-4-2-5-12(10-11)16-9-8-15-13-6-3-7-14(13)16/h2,4-5,10,13-15H,3,6-9H2,1H3/t13-,14-/m0/s1. The summed E-state index contributed by atoms with van der Waals surface area (Å²) in [5.74, 6) is 0.